The number of aliphatic hydroxyl groups is 1. The summed E-state index contributed by atoms with van der Waals surface area (Å²) in [5, 5.41) is 28.7. The molecule has 6 aromatic rings. The number of carbonyl (C=O) groups excluding carboxylic acids is 3. The number of para-hydroxylation sites is 1. The van der Waals surface area contributed by atoms with Gasteiger partial charge >= 0.3 is 0 Å². The number of thiazole rings is 1. The van der Waals surface area contributed by atoms with E-state index in [1.165, 1.54) is 17.0 Å². The molecule has 0 radical (unpaired) electrons. The molecule has 17 nitrogen and oxygen atoms in total. The molecule has 0 unspecified atom stereocenters. The molecule has 4 aromatic carbocycles. The van der Waals surface area contributed by atoms with Gasteiger partial charge in [0.1, 0.15) is 30.9 Å². The fourth-order valence-electron chi connectivity index (χ4n) is 8.81. The zero-order valence-corrected chi connectivity index (χ0v) is 41.9. The number of nitro benzene ring substituents is 1. The third-order valence-corrected chi connectivity index (χ3v) is 13.6. The lowest BCUT2D eigenvalue weighted by Gasteiger charge is -2.29. The van der Waals surface area contributed by atoms with Crippen molar-refractivity contribution in [2.24, 2.45) is 5.92 Å². The highest BCUT2D eigenvalue weighted by Gasteiger charge is 2.43. The fourth-order valence-corrected chi connectivity index (χ4v) is 9.62. The highest BCUT2D eigenvalue weighted by atomic mass is 32.1. The van der Waals surface area contributed by atoms with Gasteiger partial charge in [0.2, 0.25) is 11.8 Å². The number of ether oxygens (including phenoxy) is 4. The number of non-ortho nitro benzene ring substituents is 1. The lowest BCUT2D eigenvalue weighted by molar-refractivity contribution is -0.384. The third-order valence-electron chi connectivity index (χ3n) is 12.6. The Morgan fingerprint density at radius 3 is 2.32 bits per heavy atom. The average molecular weight is 1010 g/mol. The molecule has 2 N–H and O–H groups in total. The third kappa shape index (κ3) is 12.9. The first-order chi connectivity index (χ1) is 35.3. The Balaban J connectivity index is 0.721. The number of carbonyl (C=O) groups is 3. The van der Waals surface area contributed by atoms with Crippen molar-refractivity contribution in [2.75, 3.05) is 51.1 Å². The minimum atomic E-state index is -0.856. The maximum Gasteiger partial charge on any atom is 0.269 e. The van der Waals surface area contributed by atoms with E-state index in [0.717, 1.165) is 44.1 Å². The number of β-amino-alcohol motifs (C(OH)–C–C–N with tert-alkyl or cyclic N) is 1. The van der Waals surface area contributed by atoms with E-state index < -0.39 is 23.0 Å². The first-order valence-electron chi connectivity index (χ1n) is 24.1. The molecule has 0 aliphatic carbocycles. The highest BCUT2D eigenvalue weighted by molar-refractivity contribution is 7.13. The number of aliphatic hydroxyl groups excluding tert-OH is 1. The zero-order chi connectivity index (χ0) is 51.4. The van der Waals surface area contributed by atoms with Crippen LogP contribution in [0, 0.1) is 23.0 Å². The number of hydrogen-bond donors (Lipinski definition) is 2. The number of rotatable bonds is 23. The van der Waals surface area contributed by atoms with E-state index in [4.69, 9.17) is 23.5 Å². The molecular formula is C55H58N6O11S. The van der Waals surface area contributed by atoms with Crippen molar-refractivity contribution in [3.63, 3.8) is 0 Å². The van der Waals surface area contributed by atoms with Crippen LogP contribution in [0.15, 0.2) is 125 Å². The van der Waals surface area contributed by atoms with Gasteiger partial charge in [0.25, 0.3) is 17.5 Å². The SMILES string of the molecule is Cc1ncsc1-c1ccc([C@H](C)NC(=O)[C@@H]2C[C@@H](O)CN2C(=O)[C@@H](c2cc(OCCOCCOCCOc3ccc(CN4C(=O)/C(=C/C=C/c5ccc([N+](=O)[O-])cc5)c5ccccc54)cc3)no2)C(C)C)cc1. The Kier molecular flexibility index (Phi) is 17.2. The summed E-state index contributed by atoms with van der Waals surface area (Å²) in [5.41, 5.74) is 8.69. The van der Waals surface area contributed by atoms with Gasteiger partial charge in [-0.3, -0.25) is 24.5 Å². The first kappa shape index (κ1) is 51.8. The van der Waals surface area contributed by atoms with Crippen molar-refractivity contribution < 1.29 is 47.9 Å². The van der Waals surface area contributed by atoms with Crippen LogP contribution < -0.4 is 19.7 Å². The van der Waals surface area contributed by atoms with E-state index >= 15 is 0 Å². The molecule has 0 bridgehead atoms. The van der Waals surface area contributed by atoms with Gasteiger partial charge in [-0.05, 0) is 83.6 Å². The van der Waals surface area contributed by atoms with Gasteiger partial charge in [0.05, 0.1) is 71.8 Å². The smallest absolute Gasteiger partial charge is 0.269 e. The molecule has 2 aliphatic heterocycles. The number of hydrogen-bond acceptors (Lipinski definition) is 14. The van der Waals surface area contributed by atoms with Crippen molar-refractivity contribution >= 4 is 52.1 Å². The number of anilines is 1. The molecule has 1 fully saturated rings. The normalized spacial score (nSPS) is 16.8. The lowest BCUT2D eigenvalue weighted by Crippen LogP contribution is -2.48. The predicted molar refractivity (Wildman–Crippen MR) is 276 cm³/mol. The van der Waals surface area contributed by atoms with Crippen LogP contribution in [0.25, 0.3) is 22.1 Å². The van der Waals surface area contributed by atoms with Crippen molar-refractivity contribution in [3.05, 3.63) is 165 Å². The van der Waals surface area contributed by atoms with E-state index in [0.29, 0.717) is 50.1 Å². The van der Waals surface area contributed by atoms with E-state index in [1.54, 1.807) is 52.7 Å². The molecule has 2 aromatic heterocycles. The summed E-state index contributed by atoms with van der Waals surface area (Å²) in [7, 11) is 0. The van der Waals surface area contributed by atoms with Crippen LogP contribution in [-0.4, -0.2) is 101 Å². The summed E-state index contributed by atoms with van der Waals surface area (Å²) in [5.74, 6) is -0.611. The number of fused-ring (bicyclic) bond motifs is 1. The topological polar surface area (TPSA) is 209 Å². The minimum absolute atomic E-state index is 0.0170. The van der Waals surface area contributed by atoms with Crippen molar-refractivity contribution in [2.45, 2.75) is 64.8 Å². The summed E-state index contributed by atoms with van der Waals surface area (Å²) in [4.78, 5) is 60.5. The summed E-state index contributed by atoms with van der Waals surface area (Å²) in [6.07, 6.45) is 4.62. The zero-order valence-electron chi connectivity index (χ0n) is 41.0. The molecule has 8 rings (SSSR count). The summed E-state index contributed by atoms with van der Waals surface area (Å²) < 4.78 is 28.6. The molecule has 4 heterocycles. The summed E-state index contributed by atoms with van der Waals surface area (Å²) in [6, 6.07) is 29.8. The number of amides is 3. The monoisotopic (exact) mass is 1010 g/mol. The molecule has 0 spiro atoms. The van der Waals surface area contributed by atoms with E-state index in [1.807, 2.05) is 106 Å². The Labute approximate surface area is 427 Å². The highest BCUT2D eigenvalue weighted by Crippen LogP contribution is 2.38. The number of nitro groups is 1. The largest absolute Gasteiger partial charge is 0.491 e. The second-order valence-corrected chi connectivity index (χ2v) is 18.9. The molecule has 73 heavy (non-hydrogen) atoms. The quantitative estimate of drug-likeness (QED) is 0.0267. The van der Waals surface area contributed by atoms with Crippen LogP contribution in [0.3, 0.4) is 0 Å². The predicted octanol–water partition coefficient (Wildman–Crippen LogP) is 8.73. The number of nitrogens with one attached hydrogen (secondary N) is 1. The van der Waals surface area contributed by atoms with Crippen molar-refractivity contribution in [1.82, 2.24) is 20.4 Å². The Morgan fingerprint density at radius 1 is 0.932 bits per heavy atom. The second-order valence-electron chi connectivity index (χ2n) is 18.1. The number of allylic oxidation sites excluding steroid dienone is 2. The van der Waals surface area contributed by atoms with Gasteiger partial charge < -0.3 is 43.7 Å². The van der Waals surface area contributed by atoms with Gasteiger partial charge in [-0.25, -0.2) is 4.98 Å². The van der Waals surface area contributed by atoms with Gasteiger partial charge in [-0.2, -0.15) is 0 Å². The molecule has 18 heteroatoms. The standard InChI is InChI=1S/C55H58N6O11S/c1-35(2)51(55(65)60-33-43(62)30-48(60)53(63)57-36(3)40-16-18-41(19-17-40)52-37(4)56-34-73-52)49-31-50(58-72-49)71-29-27-69-25-24-68-26-28-70-44-22-14-39(15-23-44)32-59-47-11-6-5-9-45(47)46(54(59)64)10-7-8-38-12-20-42(21-13-38)61(66)67/h5-23,31,34-36,43,48,51,62H,24-30,32-33H2,1-4H3,(H,57,63)/b8-7+,46-10+/t36-,43+,48-,51+/m0/s1. The minimum Gasteiger partial charge on any atom is -0.491 e. The van der Waals surface area contributed by atoms with E-state index in [9.17, 15) is 29.6 Å². The number of benzene rings is 4. The van der Waals surface area contributed by atoms with Crippen molar-refractivity contribution in [3.8, 4) is 22.1 Å². The molecule has 0 saturated carbocycles. The average Bonchev–Trinajstić information content (AvgIpc) is 4.19. The Bertz CT molecular complexity index is 2920. The van der Waals surface area contributed by atoms with Crippen LogP contribution >= 0.6 is 11.3 Å². The molecule has 3 amide bonds. The summed E-state index contributed by atoms with van der Waals surface area (Å²) >= 11 is 1.58. The first-order valence-corrected chi connectivity index (χ1v) is 25.0. The molecule has 4 atom stereocenters. The molecule has 380 valence electrons. The van der Waals surface area contributed by atoms with Crippen LogP contribution in [-0.2, 0) is 30.4 Å². The fraction of sp³-hybridized carbons (Fsp3) is 0.327. The lowest BCUT2D eigenvalue weighted by atomic mass is 9.91. The van der Waals surface area contributed by atoms with Crippen LogP contribution in [0.4, 0.5) is 11.4 Å². The Hall–Kier alpha value is -7.51. The maximum atomic E-state index is 14.1. The van der Waals surface area contributed by atoms with E-state index in [2.05, 4.69) is 15.5 Å². The second kappa shape index (κ2) is 24.3. The van der Waals surface area contributed by atoms with Gasteiger partial charge in [0, 0.05) is 42.3 Å². The number of aryl methyl sites for hydroxylation is 1. The molecule has 1 saturated heterocycles. The van der Waals surface area contributed by atoms with E-state index in [-0.39, 0.29) is 67.4 Å². The molecular weight excluding hydrogens is 953 g/mol. The number of likely N-dealkylation sites (tertiary alicyclic amines) is 1. The van der Waals surface area contributed by atoms with Crippen molar-refractivity contribution in [1.29, 1.82) is 0 Å². The van der Waals surface area contributed by atoms with Crippen LogP contribution in [0.5, 0.6) is 11.6 Å². The number of aromatic nitrogens is 2. The van der Waals surface area contributed by atoms with Gasteiger partial charge in [0.15, 0.2) is 5.76 Å². The summed E-state index contributed by atoms with van der Waals surface area (Å²) in [6.45, 7) is 9.80. The van der Waals surface area contributed by atoms with Crippen LogP contribution in [0.1, 0.15) is 72.9 Å². The maximum absolute atomic E-state index is 14.1. The van der Waals surface area contributed by atoms with Gasteiger partial charge in [-0.1, -0.05) is 80.6 Å². The number of nitrogens with zero attached hydrogens (tertiary/aromatic N) is 5. The van der Waals surface area contributed by atoms with Crippen LogP contribution in [0.2, 0.25) is 0 Å². The van der Waals surface area contributed by atoms with Gasteiger partial charge in [-0.15, -0.1) is 11.3 Å². The molecule has 2 aliphatic rings. The Morgan fingerprint density at radius 2 is 1.63 bits per heavy atom.